The number of aryl methyl sites for hydroxylation is 2. The first-order valence-electron chi connectivity index (χ1n) is 10.3. The van der Waals surface area contributed by atoms with E-state index in [0.717, 1.165) is 44.0 Å². The van der Waals surface area contributed by atoms with Crippen LogP contribution in [-0.4, -0.2) is 27.9 Å². The van der Waals surface area contributed by atoms with E-state index in [1.54, 1.807) is 26.2 Å². The number of carbonyl (C=O) groups excluding carboxylic acids is 2. The molecule has 1 aromatic carbocycles. The van der Waals surface area contributed by atoms with E-state index in [2.05, 4.69) is 17.1 Å². The third kappa shape index (κ3) is 4.08. The average molecular weight is 433 g/mol. The number of pyridine rings is 1. The molecule has 0 saturated heterocycles. The van der Waals surface area contributed by atoms with Crippen LogP contribution in [0.15, 0.2) is 53.9 Å². The summed E-state index contributed by atoms with van der Waals surface area (Å²) < 4.78 is 0. The van der Waals surface area contributed by atoms with Gasteiger partial charge in [0.15, 0.2) is 17.1 Å². The Morgan fingerprint density at radius 3 is 2.61 bits per heavy atom. The van der Waals surface area contributed by atoms with Gasteiger partial charge >= 0.3 is 0 Å². The van der Waals surface area contributed by atoms with Crippen LogP contribution in [0.3, 0.4) is 0 Å². The first-order valence-corrected chi connectivity index (χ1v) is 11.1. The Balaban J connectivity index is 1.64. The summed E-state index contributed by atoms with van der Waals surface area (Å²) in [5.41, 5.74) is 4.32. The highest BCUT2D eigenvalue weighted by atomic mass is 32.1. The number of aromatic nitrogens is 1. The molecule has 158 valence electrons. The maximum absolute atomic E-state index is 12.9. The maximum atomic E-state index is 12.9. The molecule has 6 heteroatoms. The van der Waals surface area contributed by atoms with Gasteiger partial charge in [-0.25, -0.2) is 0 Å². The molecule has 0 bridgehead atoms. The van der Waals surface area contributed by atoms with Gasteiger partial charge < -0.3 is 4.84 Å². The minimum Gasteiger partial charge on any atom is -0.381 e. The lowest BCUT2D eigenvalue weighted by Crippen LogP contribution is -2.33. The van der Waals surface area contributed by atoms with Crippen molar-refractivity contribution in [3.63, 3.8) is 0 Å². The predicted octanol–water partition coefficient (Wildman–Crippen LogP) is 5.19. The van der Waals surface area contributed by atoms with Gasteiger partial charge in [-0.05, 0) is 73.7 Å². The minimum absolute atomic E-state index is 0.0882. The highest BCUT2D eigenvalue weighted by Gasteiger charge is 2.40. The van der Waals surface area contributed by atoms with Crippen LogP contribution in [0, 0.1) is 6.92 Å². The maximum Gasteiger partial charge on any atom is 0.230 e. The number of ketones is 2. The average Bonchev–Trinajstić information content (AvgIpc) is 3.35. The third-order valence-electron chi connectivity index (χ3n) is 5.53. The van der Waals surface area contributed by atoms with Crippen molar-refractivity contribution in [1.29, 1.82) is 0 Å². The van der Waals surface area contributed by atoms with E-state index in [4.69, 9.17) is 4.84 Å². The van der Waals surface area contributed by atoms with Gasteiger partial charge in [-0.2, -0.15) is 0 Å². The smallest absolute Gasteiger partial charge is 0.230 e. The number of benzene rings is 1. The van der Waals surface area contributed by atoms with Crippen LogP contribution in [0.25, 0.3) is 10.4 Å². The highest BCUT2D eigenvalue weighted by Crippen LogP contribution is 2.34. The molecule has 0 N–H and O–H groups in total. The van der Waals surface area contributed by atoms with Gasteiger partial charge in [0.2, 0.25) is 5.78 Å². The first kappa shape index (κ1) is 21.1. The summed E-state index contributed by atoms with van der Waals surface area (Å²) >= 11 is 1.48. The van der Waals surface area contributed by atoms with E-state index >= 15 is 0 Å². The third-order valence-corrected chi connectivity index (χ3v) is 6.68. The Bertz CT molecular complexity index is 1210. The van der Waals surface area contributed by atoms with Gasteiger partial charge in [-0.1, -0.05) is 24.2 Å². The van der Waals surface area contributed by atoms with E-state index in [-0.39, 0.29) is 11.6 Å². The van der Waals surface area contributed by atoms with Gasteiger partial charge in [0.05, 0.1) is 4.88 Å². The summed E-state index contributed by atoms with van der Waals surface area (Å²) in [6.45, 7) is 7.49. The molecule has 0 unspecified atom stereocenters. The molecule has 5 nitrogen and oxygen atoms in total. The number of thiophene rings is 1. The molecule has 0 fully saturated rings. The van der Waals surface area contributed by atoms with Crippen molar-refractivity contribution in [2.45, 2.75) is 46.1 Å². The molecular weight excluding hydrogens is 408 g/mol. The Morgan fingerprint density at radius 2 is 1.94 bits per heavy atom. The largest absolute Gasteiger partial charge is 0.381 e. The molecule has 3 heterocycles. The Labute approximate surface area is 185 Å². The molecule has 4 rings (SSSR count). The summed E-state index contributed by atoms with van der Waals surface area (Å²) in [5.74, 6) is -0.0392. The molecule has 0 saturated carbocycles. The fourth-order valence-electron chi connectivity index (χ4n) is 3.57. The van der Waals surface area contributed by atoms with Crippen molar-refractivity contribution in [3.8, 4) is 10.4 Å². The van der Waals surface area contributed by atoms with Crippen LogP contribution >= 0.6 is 11.3 Å². The number of rotatable bonds is 6. The van der Waals surface area contributed by atoms with Crippen molar-refractivity contribution >= 4 is 28.6 Å². The molecule has 31 heavy (non-hydrogen) atoms. The number of hydrogen-bond donors (Lipinski definition) is 0. The standard InChI is InChI=1S/C25H24N2O3S/c1-5-16-6-7-18(23-24(29)25(3,4)30-27-23)12-19(16)21-8-9-22(31-21)20(28)13-17-10-11-26-14-15(17)2/h6-12,14H,5,13H2,1-4H3. The van der Waals surface area contributed by atoms with E-state index in [1.165, 1.54) is 11.3 Å². The van der Waals surface area contributed by atoms with E-state index in [1.807, 2.05) is 43.3 Å². The van der Waals surface area contributed by atoms with Crippen LogP contribution in [-0.2, 0) is 22.5 Å². The summed E-state index contributed by atoms with van der Waals surface area (Å²) in [5, 5.41) is 4.03. The summed E-state index contributed by atoms with van der Waals surface area (Å²) in [6, 6.07) is 11.7. The number of carbonyl (C=O) groups is 2. The molecule has 0 amide bonds. The minimum atomic E-state index is -0.938. The van der Waals surface area contributed by atoms with E-state index < -0.39 is 5.60 Å². The first-order chi connectivity index (χ1) is 14.8. The lowest BCUT2D eigenvalue weighted by Gasteiger charge is -2.12. The van der Waals surface area contributed by atoms with Crippen molar-refractivity contribution < 1.29 is 14.4 Å². The van der Waals surface area contributed by atoms with Crippen LogP contribution in [0.2, 0.25) is 0 Å². The van der Waals surface area contributed by atoms with Crippen molar-refractivity contribution in [2.24, 2.45) is 5.16 Å². The molecule has 0 atom stereocenters. The van der Waals surface area contributed by atoms with Gasteiger partial charge in [0.1, 0.15) is 0 Å². The highest BCUT2D eigenvalue weighted by molar-refractivity contribution is 7.17. The molecular formula is C25H24N2O3S. The zero-order valence-corrected chi connectivity index (χ0v) is 18.9. The predicted molar refractivity (Wildman–Crippen MR) is 123 cm³/mol. The van der Waals surface area contributed by atoms with Crippen molar-refractivity contribution in [3.05, 3.63) is 75.9 Å². The molecule has 3 aromatic rings. The van der Waals surface area contributed by atoms with Crippen LogP contribution in [0.4, 0.5) is 0 Å². The van der Waals surface area contributed by atoms with Crippen LogP contribution in [0.5, 0.6) is 0 Å². The molecule has 0 spiro atoms. The topological polar surface area (TPSA) is 68.6 Å². The molecule has 0 aliphatic carbocycles. The molecule has 1 aliphatic heterocycles. The Kier molecular flexibility index (Phi) is 5.58. The Hall–Kier alpha value is -3.12. The SMILES string of the molecule is CCc1ccc(C2=NOC(C)(C)C2=O)cc1-c1ccc(C(=O)Cc2ccncc2C)s1. The Morgan fingerprint density at radius 1 is 1.13 bits per heavy atom. The molecule has 0 radical (unpaired) electrons. The second kappa shape index (κ2) is 8.19. The summed E-state index contributed by atoms with van der Waals surface area (Å²) in [7, 11) is 0. The van der Waals surface area contributed by atoms with Crippen molar-refractivity contribution in [2.75, 3.05) is 0 Å². The van der Waals surface area contributed by atoms with Gasteiger partial charge in [0, 0.05) is 29.3 Å². The quantitative estimate of drug-likeness (QED) is 0.503. The fourth-order valence-corrected chi connectivity index (χ4v) is 4.56. The summed E-state index contributed by atoms with van der Waals surface area (Å²) in [4.78, 5) is 36.6. The van der Waals surface area contributed by atoms with Gasteiger partial charge in [-0.15, -0.1) is 11.3 Å². The number of Topliss-reactive ketones (excluding diaryl/α,β-unsaturated/α-hetero) is 2. The zero-order valence-electron chi connectivity index (χ0n) is 18.1. The lowest BCUT2D eigenvalue weighted by atomic mass is 9.93. The normalized spacial score (nSPS) is 15.0. The van der Waals surface area contributed by atoms with Crippen LogP contribution in [0.1, 0.15) is 52.7 Å². The van der Waals surface area contributed by atoms with Crippen molar-refractivity contribution in [1.82, 2.24) is 4.98 Å². The van der Waals surface area contributed by atoms with E-state index in [0.29, 0.717) is 12.1 Å². The van der Waals surface area contributed by atoms with Gasteiger partial charge in [-0.3, -0.25) is 14.6 Å². The zero-order chi connectivity index (χ0) is 22.2. The summed E-state index contributed by atoms with van der Waals surface area (Å²) in [6.07, 6.45) is 4.69. The monoisotopic (exact) mass is 432 g/mol. The number of oxime groups is 1. The molecule has 2 aromatic heterocycles. The number of nitrogens with zero attached hydrogens (tertiary/aromatic N) is 2. The van der Waals surface area contributed by atoms with Gasteiger partial charge in [0.25, 0.3) is 0 Å². The fraction of sp³-hybridized carbons (Fsp3) is 0.280. The van der Waals surface area contributed by atoms with Crippen LogP contribution < -0.4 is 0 Å². The lowest BCUT2D eigenvalue weighted by molar-refractivity contribution is -0.128. The second-order valence-corrected chi connectivity index (χ2v) is 9.25. The second-order valence-electron chi connectivity index (χ2n) is 8.16. The number of hydrogen-bond acceptors (Lipinski definition) is 6. The van der Waals surface area contributed by atoms with E-state index in [9.17, 15) is 9.59 Å². The molecule has 1 aliphatic rings.